The van der Waals surface area contributed by atoms with Gasteiger partial charge in [0, 0.05) is 42.1 Å². The number of halogens is 1. The van der Waals surface area contributed by atoms with Crippen LogP contribution < -0.4 is 5.32 Å². The van der Waals surface area contributed by atoms with E-state index in [0.29, 0.717) is 41.8 Å². The van der Waals surface area contributed by atoms with Crippen molar-refractivity contribution < 1.29 is 13.9 Å². The number of thiazole rings is 1. The van der Waals surface area contributed by atoms with Crippen LogP contribution in [0.25, 0.3) is 11.3 Å². The largest absolute Gasteiger partial charge is 0.369 e. The highest BCUT2D eigenvalue weighted by atomic mass is 32.1. The van der Waals surface area contributed by atoms with E-state index in [1.807, 2.05) is 11.8 Å². The van der Waals surface area contributed by atoms with Crippen LogP contribution >= 0.6 is 11.3 Å². The van der Waals surface area contributed by atoms with Crippen LogP contribution in [-0.4, -0.2) is 52.0 Å². The van der Waals surface area contributed by atoms with Crippen LogP contribution in [0.1, 0.15) is 16.7 Å². The number of amides is 1. The molecule has 150 valence electrons. The molecule has 0 aliphatic carbocycles. The van der Waals surface area contributed by atoms with Crippen LogP contribution in [0.4, 0.5) is 9.52 Å². The van der Waals surface area contributed by atoms with Crippen LogP contribution in [-0.2, 0) is 9.53 Å². The second-order valence-electron chi connectivity index (χ2n) is 6.72. The molecule has 1 amide bonds. The van der Waals surface area contributed by atoms with Crippen LogP contribution in [0, 0.1) is 12.7 Å². The zero-order valence-electron chi connectivity index (χ0n) is 15.8. The van der Waals surface area contributed by atoms with Gasteiger partial charge in [0.25, 0.3) is 0 Å². The lowest BCUT2D eigenvalue weighted by Gasteiger charge is -2.32. The van der Waals surface area contributed by atoms with Gasteiger partial charge in [-0.2, -0.15) is 0 Å². The number of rotatable bonds is 5. The normalized spacial score (nSPS) is 17.2. The molecular formula is C20H20FN5O2S. The Balaban J connectivity index is 1.47. The molecule has 0 spiro atoms. The summed E-state index contributed by atoms with van der Waals surface area (Å²) < 4.78 is 19.6. The number of morpholine rings is 1. The summed E-state index contributed by atoms with van der Waals surface area (Å²) in [6.45, 7) is 3.76. The summed E-state index contributed by atoms with van der Waals surface area (Å²) in [5.74, 6) is -0.455. The number of benzene rings is 1. The van der Waals surface area contributed by atoms with Crippen LogP contribution in [0.2, 0.25) is 0 Å². The van der Waals surface area contributed by atoms with Crippen molar-refractivity contribution in [1.29, 1.82) is 0 Å². The molecule has 4 rings (SSSR count). The van der Waals surface area contributed by atoms with Gasteiger partial charge in [-0.25, -0.2) is 9.37 Å². The lowest BCUT2D eigenvalue weighted by atomic mass is 10.1. The Bertz CT molecular complexity index is 1010. The summed E-state index contributed by atoms with van der Waals surface area (Å²) >= 11 is 1.44. The number of hydrogen-bond donors (Lipinski definition) is 1. The van der Waals surface area contributed by atoms with E-state index in [-0.39, 0.29) is 24.4 Å². The molecule has 2 aromatic heterocycles. The molecular weight excluding hydrogens is 393 g/mol. The minimum absolute atomic E-state index is 0.121. The molecule has 1 aliphatic heterocycles. The zero-order valence-corrected chi connectivity index (χ0v) is 16.7. The molecule has 1 aliphatic rings. The molecule has 1 N–H and O–H groups in total. The molecule has 29 heavy (non-hydrogen) atoms. The Kier molecular flexibility index (Phi) is 5.89. The zero-order chi connectivity index (χ0) is 20.2. The lowest BCUT2D eigenvalue weighted by molar-refractivity contribution is -0.119. The molecule has 0 saturated carbocycles. The molecule has 1 atom stereocenters. The molecule has 1 fully saturated rings. The predicted molar refractivity (Wildman–Crippen MR) is 108 cm³/mol. The third-order valence-corrected chi connectivity index (χ3v) is 5.34. The number of aromatic nitrogens is 3. The number of aryl methyl sites for hydroxylation is 1. The minimum atomic E-state index is -0.356. The van der Waals surface area contributed by atoms with Gasteiger partial charge >= 0.3 is 0 Å². The molecule has 0 bridgehead atoms. The van der Waals surface area contributed by atoms with Crippen LogP contribution in [0.3, 0.4) is 0 Å². The van der Waals surface area contributed by atoms with Gasteiger partial charge in [-0.3, -0.25) is 19.7 Å². The lowest BCUT2D eigenvalue weighted by Crippen LogP contribution is -2.42. The van der Waals surface area contributed by atoms with Crippen LogP contribution in [0.5, 0.6) is 0 Å². The summed E-state index contributed by atoms with van der Waals surface area (Å²) in [7, 11) is 0. The topological polar surface area (TPSA) is 80.2 Å². The van der Waals surface area contributed by atoms with E-state index in [9.17, 15) is 9.18 Å². The third-order valence-electron chi connectivity index (χ3n) is 4.51. The number of ether oxygens (including phenoxy) is 1. The SMILES string of the molecule is Cc1cnc(NC(=O)CN2CCOC(c3nccnc3-c3cccc(F)c3)C2)s1. The molecule has 9 heteroatoms. The Morgan fingerprint density at radius 2 is 2.21 bits per heavy atom. The first-order chi connectivity index (χ1) is 14.1. The molecule has 3 aromatic rings. The number of nitrogens with one attached hydrogen (secondary N) is 1. The number of hydrogen-bond acceptors (Lipinski definition) is 7. The molecule has 1 unspecified atom stereocenters. The van der Waals surface area contributed by atoms with E-state index in [1.165, 1.54) is 23.5 Å². The Labute approximate surface area is 171 Å². The smallest absolute Gasteiger partial charge is 0.240 e. The van der Waals surface area contributed by atoms with E-state index < -0.39 is 0 Å². The molecule has 7 nitrogen and oxygen atoms in total. The van der Waals surface area contributed by atoms with Crippen molar-refractivity contribution >= 4 is 22.4 Å². The van der Waals surface area contributed by atoms with Gasteiger partial charge in [0.05, 0.1) is 24.5 Å². The van der Waals surface area contributed by atoms with Gasteiger partial charge in [-0.15, -0.1) is 11.3 Å². The maximum Gasteiger partial charge on any atom is 0.240 e. The van der Waals surface area contributed by atoms with Crippen molar-refractivity contribution in [3.8, 4) is 11.3 Å². The maximum absolute atomic E-state index is 13.7. The number of nitrogens with zero attached hydrogens (tertiary/aromatic N) is 4. The highest BCUT2D eigenvalue weighted by molar-refractivity contribution is 7.15. The summed E-state index contributed by atoms with van der Waals surface area (Å²) in [4.78, 5) is 28.4. The average Bonchev–Trinajstić information content (AvgIpc) is 3.12. The van der Waals surface area contributed by atoms with E-state index in [2.05, 4.69) is 20.3 Å². The van der Waals surface area contributed by atoms with Gasteiger partial charge < -0.3 is 10.1 Å². The molecule has 1 aromatic carbocycles. The van der Waals surface area contributed by atoms with Gasteiger partial charge in [-0.1, -0.05) is 12.1 Å². The number of carbonyl (C=O) groups is 1. The van der Waals surface area contributed by atoms with Crippen molar-refractivity contribution in [3.63, 3.8) is 0 Å². The minimum Gasteiger partial charge on any atom is -0.369 e. The monoisotopic (exact) mass is 413 g/mol. The Morgan fingerprint density at radius 3 is 3.00 bits per heavy atom. The van der Waals surface area contributed by atoms with Crippen molar-refractivity contribution in [1.82, 2.24) is 19.9 Å². The fourth-order valence-electron chi connectivity index (χ4n) is 3.23. The number of anilines is 1. The van der Waals surface area contributed by atoms with E-state index >= 15 is 0 Å². The van der Waals surface area contributed by atoms with Gasteiger partial charge in [0.1, 0.15) is 11.9 Å². The second kappa shape index (κ2) is 8.73. The molecule has 1 saturated heterocycles. The summed E-state index contributed by atoms with van der Waals surface area (Å²) in [5, 5.41) is 3.42. The fraction of sp³-hybridized carbons (Fsp3) is 0.300. The summed E-state index contributed by atoms with van der Waals surface area (Å²) in [6.07, 6.45) is 4.55. The van der Waals surface area contributed by atoms with Gasteiger partial charge in [-0.05, 0) is 19.1 Å². The Hall–Kier alpha value is -2.75. The standard InChI is InChI=1S/C20H20FN5O2S/c1-13-10-24-20(29-13)25-17(27)12-26-7-8-28-16(11-26)19-18(22-5-6-23-19)14-3-2-4-15(21)9-14/h2-6,9-10,16H,7-8,11-12H2,1H3,(H,24,25,27). The van der Waals surface area contributed by atoms with Crippen molar-refractivity contribution in [3.05, 3.63) is 59.2 Å². The average molecular weight is 413 g/mol. The first-order valence-electron chi connectivity index (χ1n) is 9.21. The van der Waals surface area contributed by atoms with E-state index in [0.717, 1.165) is 4.88 Å². The highest BCUT2D eigenvalue weighted by Gasteiger charge is 2.27. The molecule has 3 heterocycles. The summed E-state index contributed by atoms with van der Waals surface area (Å²) in [5.41, 5.74) is 1.87. The summed E-state index contributed by atoms with van der Waals surface area (Å²) in [6, 6.07) is 6.25. The quantitative estimate of drug-likeness (QED) is 0.693. The first-order valence-corrected chi connectivity index (χ1v) is 10.0. The van der Waals surface area contributed by atoms with Crippen molar-refractivity contribution in [2.75, 3.05) is 31.6 Å². The number of carbonyl (C=O) groups excluding carboxylic acids is 1. The van der Waals surface area contributed by atoms with Crippen molar-refractivity contribution in [2.24, 2.45) is 0 Å². The highest BCUT2D eigenvalue weighted by Crippen LogP contribution is 2.29. The van der Waals surface area contributed by atoms with Gasteiger partial charge in [0.15, 0.2) is 5.13 Å². The van der Waals surface area contributed by atoms with Crippen molar-refractivity contribution in [2.45, 2.75) is 13.0 Å². The van der Waals surface area contributed by atoms with Crippen LogP contribution in [0.15, 0.2) is 42.9 Å². The predicted octanol–water partition coefficient (Wildman–Crippen LogP) is 3.06. The molecule has 0 radical (unpaired) electrons. The third kappa shape index (κ3) is 4.81. The Morgan fingerprint density at radius 1 is 1.34 bits per heavy atom. The van der Waals surface area contributed by atoms with Gasteiger partial charge in [0.2, 0.25) is 5.91 Å². The van der Waals surface area contributed by atoms with E-state index in [4.69, 9.17) is 4.74 Å². The second-order valence-corrected chi connectivity index (χ2v) is 7.95. The van der Waals surface area contributed by atoms with E-state index in [1.54, 1.807) is 30.7 Å². The maximum atomic E-state index is 13.7. The first kappa shape index (κ1) is 19.6. The fourth-order valence-corrected chi connectivity index (χ4v) is 3.91.